The maximum Gasteiger partial charge on any atom is 0.259 e. The maximum atomic E-state index is 12.2. The molecule has 2 heterocycles. The lowest BCUT2D eigenvalue weighted by Gasteiger charge is -2.29. The second kappa shape index (κ2) is 5.60. The number of nitrogens with one attached hydrogen (secondary N) is 2. The first-order valence-corrected chi connectivity index (χ1v) is 8.14. The third-order valence-electron chi connectivity index (χ3n) is 3.65. The molecule has 6 nitrogen and oxygen atoms in total. The van der Waals surface area contributed by atoms with Gasteiger partial charge in [-0.25, -0.2) is 18.1 Å². The van der Waals surface area contributed by atoms with Gasteiger partial charge in [-0.1, -0.05) is 6.42 Å². The summed E-state index contributed by atoms with van der Waals surface area (Å²) in [4.78, 5) is 4.07. The van der Waals surface area contributed by atoms with E-state index in [0.29, 0.717) is 5.82 Å². The molecule has 0 saturated carbocycles. The second-order valence-corrected chi connectivity index (χ2v) is 6.86. The highest BCUT2D eigenvalue weighted by Crippen LogP contribution is 2.13. The Bertz CT molecular complexity index is 512. The molecular weight excluding hydrogens is 264 g/mol. The average molecular weight is 286 g/mol. The van der Waals surface area contributed by atoms with E-state index in [1.165, 1.54) is 0 Å². The molecule has 2 N–H and O–H groups in total. The summed E-state index contributed by atoms with van der Waals surface area (Å²) >= 11 is 0. The highest BCUT2D eigenvalue weighted by molar-refractivity contribution is 7.89. The molecule has 1 fully saturated rings. The number of nitrogens with zero attached hydrogens (tertiary/aromatic N) is 2. The molecular formula is C12H22N4O2S. The maximum absolute atomic E-state index is 12.2. The van der Waals surface area contributed by atoms with E-state index in [-0.39, 0.29) is 17.1 Å². The number of hydrogen-bond donors (Lipinski definition) is 2. The second-order valence-electron chi connectivity index (χ2n) is 5.20. The summed E-state index contributed by atoms with van der Waals surface area (Å²) in [6.45, 7) is 4.64. The number of aryl methyl sites for hydroxylation is 2. The Hall–Kier alpha value is -0.920. The topological polar surface area (TPSA) is 76.0 Å². The van der Waals surface area contributed by atoms with Gasteiger partial charge in [0, 0.05) is 25.3 Å². The predicted octanol–water partition coefficient (Wildman–Crippen LogP) is 0.537. The number of rotatable bonds is 4. The van der Waals surface area contributed by atoms with Gasteiger partial charge in [-0.15, -0.1) is 0 Å². The first kappa shape index (κ1) is 14.5. The molecule has 0 amide bonds. The van der Waals surface area contributed by atoms with Crippen molar-refractivity contribution in [2.75, 3.05) is 6.54 Å². The third kappa shape index (κ3) is 3.34. The molecule has 0 bridgehead atoms. The monoisotopic (exact) mass is 286 g/mol. The van der Waals surface area contributed by atoms with Crippen LogP contribution in [0.3, 0.4) is 0 Å². The van der Waals surface area contributed by atoms with Crippen molar-refractivity contribution >= 4 is 10.0 Å². The van der Waals surface area contributed by atoms with Crippen molar-refractivity contribution in [1.82, 2.24) is 19.6 Å². The van der Waals surface area contributed by atoms with Crippen LogP contribution in [0.2, 0.25) is 0 Å². The largest absolute Gasteiger partial charge is 0.337 e. The van der Waals surface area contributed by atoms with Crippen LogP contribution < -0.4 is 10.0 Å². The lowest BCUT2D eigenvalue weighted by molar-refractivity contribution is 0.347. The Morgan fingerprint density at radius 3 is 2.79 bits per heavy atom. The number of aromatic nitrogens is 2. The number of piperidine rings is 1. The van der Waals surface area contributed by atoms with E-state index in [9.17, 15) is 8.42 Å². The van der Waals surface area contributed by atoms with Crippen molar-refractivity contribution in [2.45, 2.75) is 50.2 Å². The van der Waals surface area contributed by atoms with Gasteiger partial charge in [-0.3, -0.25) is 0 Å². The number of hydrogen-bond acceptors (Lipinski definition) is 4. The molecule has 1 aliphatic rings. The lowest BCUT2D eigenvalue weighted by atomic mass is 10.00. The minimum atomic E-state index is -3.53. The van der Waals surface area contributed by atoms with Crippen LogP contribution >= 0.6 is 0 Å². The van der Waals surface area contributed by atoms with Gasteiger partial charge in [0.05, 0.1) is 0 Å². The number of sulfonamides is 1. The Kier molecular flexibility index (Phi) is 4.27. The summed E-state index contributed by atoms with van der Waals surface area (Å²) in [5.74, 6) is 0.684. The van der Waals surface area contributed by atoms with Crippen LogP contribution in [0, 0.1) is 6.92 Å². The Labute approximate surface area is 114 Å². The van der Waals surface area contributed by atoms with Crippen molar-refractivity contribution in [2.24, 2.45) is 7.05 Å². The van der Waals surface area contributed by atoms with Crippen LogP contribution in [0.25, 0.3) is 0 Å². The van der Waals surface area contributed by atoms with Crippen molar-refractivity contribution in [3.05, 3.63) is 12.0 Å². The Morgan fingerprint density at radius 1 is 1.53 bits per heavy atom. The molecule has 2 unspecified atom stereocenters. The van der Waals surface area contributed by atoms with Gasteiger partial charge >= 0.3 is 0 Å². The van der Waals surface area contributed by atoms with Gasteiger partial charge in [-0.05, 0) is 33.2 Å². The average Bonchev–Trinajstić information content (AvgIpc) is 2.71. The third-order valence-corrected chi connectivity index (χ3v) is 5.08. The normalized spacial score (nSPS) is 22.4. The molecule has 2 atom stereocenters. The van der Waals surface area contributed by atoms with Crippen molar-refractivity contribution in [3.63, 3.8) is 0 Å². The molecule has 0 radical (unpaired) electrons. The van der Waals surface area contributed by atoms with Crippen LogP contribution in [0.4, 0.5) is 0 Å². The zero-order valence-electron chi connectivity index (χ0n) is 11.7. The number of imidazole rings is 1. The fourth-order valence-corrected chi connectivity index (χ4v) is 3.67. The van der Waals surface area contributed by atoms with Crippen LogP contribution in [-0.2, 0) is 17.1 Å². The van der Waals surface area contributed by atoms with Crippen molar-refractivity contribution < 1.29 is 8.42 Å². The highest BCUT2D eigenvalue weighted by atomic mass is 32.2. The smallest absolute Gasteiger partial charge is 0.259 e. The van der Waals surface area contributed by atoms with E-state index in [1.807, 2.05) is 6.92 Å². The summed E-state index contributed by atoms with van der Waals surface area (Å²) < 4.78 is 28.9. The van der Waals surface area contributed by atoms with Crippen LogP contribution in [0.5, 0.6) is 0 Å². The van der Waals surface area contributed by atoms with Crippen LogP contribution in [0.15, 0.2) is 11.2 Å². The molecule has 0 spiro atoms. The van der Waals surface area contributed by atoms with E-state index in [2.05, 4.69) is 15.0 Å². The molecule has 1 saturated heterocycles. The van der Waals surface area contributed by atoms with Gasteiger partial charge in [-0.2, -0.15) is 0 Å². The van der Waals surface area contributed by atoms with Crippen LogP contribution in [-0.4, -0.2) is 36.6 Å². The summed E-state index contributed by atoms with van der Waals surface area (Å²) in [6.07, 6.45) is 4.85. The van der Waals surface area contributed by atoms with Gasteiger partial charge in [0.25, 0.3) is 10.0 Å². The molecule has 1 aliphatic heterocycles. The molecule has 7 heteroatoms. The van der Waals surface area contributed by atoms with Crippen LogP contribution in [0.1, 0.15) is 32.0 Å². The zero-order chi connectivity index (χ0) is 14.0. The standard InChI is InChI=1S/C12H22N4O2S/c1-9(11-6-4-5-7-13-11)15-19(17,18)12-8-16(3)10(2)14-12/h8-9,11,13,15H,4-7H2,1-3H3. The zero-order valence-corrected chi connectivity index (χ0v) is 12.5. The van der Waals surface area contributed by atoms with E-state index in [1.54, 1.807) is 24.7 Å². The van der Waals surface area contributed by atoms with Gasteiger partial charge in [0.2, 0.25) is 0 Å². The predicted molar refractivity (Wildman–Crippen MR) is 73.4 cm³/mol. The van der Waals surface area contributed by atoms with Crippen molar-refractivity contribution in [1.29, 1.82) is 0 Å². The van der Waals surface area contributed by atoms with E-state index in [4.69, 9.17) is 0 Å². The minimum Gasteiger partial charge on any atom is -0.337 e. The molecule has 108 valence electrons. The SMILES string of the molecule is Cc1nc(S(=O)(=O)NC(C)C2CCCCN2)cn1C. The first-order valence-electron chi connectivity index (χ1n) is 6.66. The Morgan fingerprint density at radius 2 is 2.26 bits per heavy atom. The fraction of sp³-hybridized carbons (Fsp3) is 0.750. The quantitative estimate of drug-likeness (QED) is 0.847. The summed E-state index contributed by atoms with van der Waals surface area (Å²) in [7, 11) is -1.75. The highest BCUT2D eigenvalue weighted by Gasteiger charge is 2.26. The van der Waals surface area contributed by atoms with Gasteiger partial charge in [0.1, 0.15) is 5.82 Å². The first-order chi connectivity index (χ1) is 8.90. The molecule has 0 aliphatic carbocycles. The van der Waals surface area contributed by atoms with E-state index in [0.717, 1.165) is 25.8 Å². The molecule has 19 heavy (non-hydrogen) atoms. The van der Waals surface area contributed by atoms with E-state index < -0.39 is 10.0 Å². The fourth-order valence-electron chi connectivity index (χ4n) is 2.35. The minimum absolute atomic E-state index is 0.0927. The molecule has 1 aromatic rings. The molecule has 2 rings (SSSR count). The van der Waals surface area contributed by atoms with Crippen molar-refractivity contribution in [3.8, 4) is 0 Å². The summed E-state index contributed by atoms with van der Waals surface area (Å²) in [5.41, 5.74) is 0. The molecule has 0 aromatic carbocycles. The Balaban J connectivity index is 2.08. The molecule has 1 aromatic heterocycles. The van der Waals surface area contributed by atoms with Gasteiger partial charge in [0.15, 0.2) is 5.03 Å². The summed E-state index contributed by atoms with van der Waals surface area (Å²) in [6, 6.07) is 0.0703. The summed E-state index contributed by atoms with van der Waals surface area (Å²) in [5, 5.41) is 3.45. The van der Waals surface area contributed by atoms with Gasteiger partial charge < -0.3 is 9.88 Å². The van der Waals surface area contributed by atoms with E-state index >= 15 is 0 Å². The lowest BCUT2D eigenvalue weighted by Crippen LogP contribution is -2.50.